The van der Waals surface area contributed by atoms with Crippen LogP contribution >= 0.6 is 11.8 Å². The fourth-order valence-corrected chi connectivity index (χ4v) is 3.07. The van der Waals surface area contributed by atoms with Crippen molar-refractivity contribution in [1.82, 2.24) is 24.9 Å². The van der Waals surface area contributed by atoms with Crippen molar-refractivity contribution in [3.05, 3.63) is 46.8 Å². The van der Waals surface area contributed by atoms with Gasteiger partial charge in [-0.15, -0.1) is 5.10 Å². The van der Waals surface area contributed by atoms with E-state index in [1.54, 1.807) is 11.6 Å². The van der Waals surface area contributed by atoms with E-state index in [9.17, 15) is 4.79 Å². The third-order valence-corrected chi connectivity index (χ3v) is 5.06. The Balaban J connectivity index is 1.57. The number of benzene rings is 1. The van der Waals surface area contributed by atoms with Crippen LogP contribution in [-0.4, -0.2) is 38.4 Å². The van der Waals surface area contributed by atoms with Crippen molar-refractivity contribution in [2.75, 3.05) is 12.9 Å². The fraction of sp³-hybridized carbons (Fsp3) is 0.333. The lowest BCUT2D eigenvalue weighted by molar-refractivity contribution is -0.118. The first-order valence-electron chi connectivity index (χ1n) is 8.21. The van der Waals surface area contributed by atoms with E-state index in [1.807, 2.05) is 45.0 Å². The summed E-state index contributed by atoms with van der Waals surface area (Å²) in [5.41, 5.74) is 4.06. The van der Waals surface area contributed by atoms with Crippen LogP contribution in [0.15, 0.2) is 29.4 Å². The van der Waals surface area contributed by atoms with Gasteiger partial charge < -0.3 is 10.1 Å². The number of nitrogens with one attached hydrogen (secondary N) is 1. The number of hydrogen-bond acceptors (Lipinski definition) is 6. The second-order valence-corrected chi connectivity index (χ2v) is 6.87. The van der Waals surface area contributed by atoms with Crippen molar-refractivity contribution in [3.63, 3.8) is 0 Å². The molecule has 7 nitrogen and oxygen atoms in total. The smallest absolute Gasteiger partial charge is 0.253 e. The van der Waals surface area contributed by atoms with Gasteiger partial charge in [-0.25, -0.2) is 9.50 Å². The van der Waals surface area contributed by atoms with Crippen LogP contribution in [0.5, 0.6) is 5.75 Å². The summed E-state index contributed by atoms with van der Waals surface area (Å²) in [6, 6.07) is 7.59. The lowest BCUT2D eigenvalue weighted by Crippen LogP contribution is -2.24. The summed E-state index contributed by atoms with van der Waals surface area (Å²) in [6.07, 6.45) is 0. The van der Waals surface area contributed by atoms with Crippen LogP contribution in [0.3, 0.4) is 0 Å². The third-order valence-electron chi connectivity index (χ3n) is 4.22. The second-order valence-electron chi connectivity index (χ2n) is 5.93. The molecule has 0 aliphatic rings. The first-order chi connectivity index (χ1) is 12.5. The molecule has 136 valence electrons. The van der Waals surface area contributed by atoms with E-state index in [4.69, 9.17) is 4.74 Å². The van der Waals surface area contributed by atoms with Crippen LogP contribution in [0.4, 0.5) is 0 Å². The molecular formula is C18H21N5O2S. The first-order valence-corrected chi connectivity index (χ1v) is 9.19. The molecule has 1 amide bonds. The minimum atomic E-state index is -0.0679. The van der Waals surface area contributed by atoms with Gasteiger partial charge in [-0.05, 0) is 44.0 Å². The Hall–Kier alpha value is -2.61. The van der Waals surface area contributed by atoms with Gasteiger partial charge in [0.25, 0.3) is 5.78 Å². The number of nitrogens with zero attached hydrogens (tertiary/aromatic N) is 4. The number of ether oxygens (including phenoxy) is 1. The molecule has 0 bridgehead atoms. The van der Waals surface area contributed by atoms with E-state index in [0.717, 1.165) is 28.3 Å². The Kier molecular flexibility index (Phi) is 5.41. The highest BCUT2D eigenvalue weighted by Crippen LogP contribution is 2.17. The number of carbonyl (C=O) groups excluding carboxylic acids is 1. The minimum absolute atomic E-state index is 0.0679. The summed E-state index contributed by atoms with van der Waals surface area (Å²) < 4.78 is 6.84. The lowest BCUT2D eigenvalue weighted by atomic mass is 10.2. The van der Waals surface area contributed by atoms with E-state index in [1.165, 1.54) is 11.8 Å². The summed E-state index contributed by atoms with van der Waals surface area (Å²) in [4.78, 5) is 20.9. The predicted octanol–water partition coefficient (Wildman–Crippen LogP) is 2.47. The molecule has 2 aromatic heterocycles. The average molecular weight is 371 g/mol. The number of thioether (sulfide) groups is 1. The van der Waals surface area contributed by atoms with Crippen molar-refractivity contribution >= 4 is 23.4 Å². The molecule has 0 atom stereocenters. The van der Waals surface area contributed by atoms with E-state index in [2.05, 4.69) is 20.4 Å². The van der Waals surface area contributed by atoms with Gasteiger partial charge >= 0.3 is 0 Å². The average Bonchev–Trinajstić information content (AvgIpc) is 3.06. The van der Waals surface area contributed by atoms with Crippen molar-refractivity contribution in [3.8, 4) is 5.75 Å². The summed E-state index contributed by atoms with van der Waals surface area (Å²) >= 11 is 1.30. The van der Waals surface area contributed by atoms with Gasteiger partial charge in [0, 0.05) is 17.9 Å². The van der Waals surface area contributed by atoms with Crippen LogP contribution < -0.4 is 10.1 Å². The second kappa shape index (κ2) is 7.74. The van der Waals surface area contributed by atoms with Gasteiger partial charge in [-0.3, -0.25) is 4.79 Å². The number of methoxy groups -OCH3 is 1. The first kappa shape index (κ1) is 18.2. The molecule has 0 spiro atoms. The van der Waals surface area contributed by atoms with E-state index in [0.29, 0.717) is 17.5 Å². The third kappa shape index (κ3) is 3.96. The van der Waals surface area contributed by atoms with Crippen molar-refractivity contribution < 1.29 is 9.53 Å². The molecule has 0 unspecified atom stereocenters. The van der Waals surface area contributed by atoms with Gasteiger partial charge in [0.05, 0.1) is 12.9 Å². The van der Waals surface area contributed by atoms with Crippen molar-refractivity contribution in [2.45, 2.75) is 32.5 Å². The molecule has 26 heavy (non-hydrogen) atoms. The van der Waals surface area contributed by atoms with Gasteiger partial charge in [-0.1, -0.05) is 23.9 Å². The molecule has 1 N–H and O–H groups in total. The molecule has 1 aromatic carbocycles. The van der Waals surface area contributed by atoms with Crippen LogP contribution in [0.1, 0.15) is 22.5 Å². The number of hydrogen-bond donors (Lipinski definition) is 1. The SMILES string of the molecule is COc1ccc(CNC(=O)CSc2nc3nc(C)c(C)c(C)n3n2)cc1. The minimum Gasteiger partial charge on any atom is -0.497 e. The quantitative estimate of drug-likeness (QED) is 0.671. The molecule has 0 aliphatic carbocycles. The Morgan fingerprint density at radius 1 is 1.19 bits per heavy atom. The van der Waals surface area contributed by atoms with Crippen molar-refractivity contribution in [1.29, 1.82) is 0 Å². The molecule has 8 heteroatoms. The molecule has 2 heterocycles. The molecular weight excluding hydrogens is 350 g/mol. The number of aromatic nitrogens is 4. The Morgan fingerprint density at radius 2 is 1.92 bits per heavy atom. The topological polar surface area (TPSA) is 81.4 Å². The molecule has 3 rings (SSSR count). The number of amides is 1. The zero-order valence-electron chi connectivity index (χ0n) is 15.2. The van der Waals surface area contributed by atoms with Crippen LogP contribution in [-0.2, 0) is 11.3 Å². The fourth-order valence-electron chi connectivity index (χ4n) is 2.42. The number of rotatable bonds is 6. The van der Waals surface area contributed by atoms with Crippen LogP contribution in [0, 0.1) is 20.8 Å². The summed E-state index contributed by atoms with van der Waals surface area (Å²) in [6.45, 7) is 6.43. The Morgan fingerprint density at radius 3 is 2.62 bits per heavy atom. The molecule has 0 saturated carbocycles. The normalized spacial score (nSPS) is 10.9. The maximum absolute atomic E-state index is 12.1. The molecule has 0 radical (unpaired) electrons. The van der Waals surface area contributed by atoms with Gasteiger partial charge in [-0.2, -0.15) is 4.98 Å². The predicted molar refractivity (Wildman–Crippen MR) is 101 cm³/mol. The van der Waals surface area contributed by atoms with Crippen molar-refractivity contribution in [2.24, 2.45) is 0 Å². The van der Waals surface area contributed by atoms with Crippen LogP contribution in [0.2, 0.25) is 0 Å². The molecule has 0 saturated heterocycles. The van der Waals surface area contributed by atoms with Crippen LogP contribution in [0.25, 0.3) is 5.78 Å². The maximum Gasteiger partial charge on any atom is 0.253 e. The number of aryl methyl sites for hydroxylation is 2. The number of carbonyl (C=O) groups is 1. The highest BCUT2D eigenvalue weighted by Gasteiger charge is 2.12. The van der Waals surface area contributed by atoms with Gasteiger partial charge in [0.2, 0.25) is 11.1 Å². The summed E-state index contributed by atoms with van der Waals surface area (Å²) in [5.74, 6) is 1.54. The highest BCUT2D eigenvalue weighted by molar-refractivity contribution is 7.99. The largest absolute Gasteiger partial charge is 0.497 e. The zero-order valence-corrected chi connectivity index (χ0v) is 16.1. The monoisotopic (exact) mass is 371 g/mol. The summed E-state index contributed by atoms with van der Waals surface area (Å²) in [5, 5.41) is 7.87. The lowest BCUT2D eigenvalue weighted by Gasteiger charge is -2.05. The maximum atomic E-state index is 12.1. The van der Waals surface area contributed by atoms with E-state index < -0.39 is 0 Å². The molecule has 0 fully saturated rings. The van der Waals surface area contributed by atoms with Gasteiger partial charge in [0.15, 0.2) is 0 Å². The number of fused-ring (bicyclic) bond motifs is 1. The highest BCUT2D eigenvalue weighted by atomic mass is 32.2. The Bertz CT molecular complexity index is 937. The summed E-state index contributed by atoms with van der Waals surface area (Å²) in [7, 11) is 1.63. The standard InChI is InChI=1S/C18H21N5O2S/c1-11-12(2)20-17-21-18(22-23(17)13(11)3)26-10-16(24)19-9-14-5-7-15(25-4)8-6-14/h5-8H,9-10H2,1-4H3,(H,19,24). The molecule has 0 aliphatic heterocycles. The zero-order chi connectivity index (χ0) is 18.7. The molecule has 3 aromatic rings. The van der Waals surface area contributed by atoms with Gasteiger partial charge in [0.1, 0.15) is 5.75 Å². The Labute approximate surface area is 156 Å². The van der Waals surface area contributed by atoms with E-state index >= 15 is 0 Å². The van der Waals surface area contributed by atoms with E-state index in [-0.39, 0.29) is 11.7 Å².